The largest absolute Gasteiger partial charge is 0.463 e. The molecule has 0 radical (unpaired) electrons. The van der Waals surface area contributed by atoms with Gasteiger partial charge in [0.1, 0.15) is 10.5 Å². The van der Waals surface area contributed by atoms with Gasteiger partial charge >= 0.3 is 0 Å². The zero-order chi connectivity index (χ0) is 7.11. The maximum absolute atomic E-state index is 5.36. The van der Waals surface area contributed by atoms with Crippen LogP contribution in [0.4, 0.5) is 0 Å². The van der Waals surface area contributed by atoms with Crippen LogP contribution in [-0.2, 0) is 4.12 Å². The Hall–Kier alpha value is 0.134. The van der Waals surface area contributed by atoms with Crippen molar-refractivity contribution in [3.05, 3.63) is 12.3 Å². The topological polar surface area (TPSA) is 9.23 Å². The van der Waals surface area contributed by atoms with Gasteiger partial charge in [0.2, 0.25) is 0 Å². The molecule has 0 spiro atoms. The van der Waals surface area contributed by atoms with Crippen LogP contribution in [0.25, 0.3) is 0 Å². The molecular formula is C6H16OSi2. The monoisotopic (exact) mass is 160 g/mol. The second-order valence-corrected chi connectivity index (χ2v) is 6.16. The molecule has 0 aliphatic rings. The van der Waals surface area contributed by atoms with Crippen molar-refractivity contribution >= 4 is 19.5 Å². The van der Waals surface area contributed by atoms with Gasteiger partial charge < -0.3 is 4.12 Å². The lowest BCUT2D eigenvalue weighted by molar-refractivity contribution is 0.633. The summed E-state index contributed by atoms with van der Waals surface area (Å²) in [6.07, 6.45) is 2.59. The number of hydrogen-bond acceptors (Lipinski definition) is 1. The molecule has 1 nitrogen and oxygen atoms in total. The third-order valence-corrected chi connectivity index (χ3v) is 5.33. The van der Waals surface area contributed by atoms with Crippen LogP contribution in [0.1, 0.15) is 19.8 Å². The first-order chi connectivity index (χ1) is 4.35. The lowest BCUT2D eigenvalue weighted by atomic mass is 10.4. The number of hydrogen-bond donors (Lipinski definition) is 0. The summed E-state index contributed by atoms with van der Waals surface area (Å²) in [5.41, 5.74) is 2.03. The highest BCUT2D eigenvalue weighted by Gasteiger charge is 2.00. The summed E-state index contributed by atoms with van der Waals surface area (Å²) < 4.78 is 5.36. The van der Waals surface area contributed by atoms with Gasteiger partial charge in [-0.15, -0.1) is 6.58 Å². The van der Waals surface area contributed by atoms with E-state index in [2.05, 4.69) is 13.5 Å². The van der Waals surface area contributed by atoms with Gasteiger partial charge in [-0.05, 0) is 6.04 Å². The molecule has 0 amide bonds. The first-order valence-electron chi connectivity index (χ1n) is 3.50. The summed E-state index contributed by atoms with van der Waals surface area (Å²) in [6.45, 7) is 5.95. The summed E-state index contributed by atoms with van der Waals surface area (Å²) in [5, 5.41) is 0. The fraction of sp³-hybridized carbons (Fsp3) is 0.667. The smallest absolute Gasteiger partial charge is 0.187 e. The molecule has 3 heteroatoms. The van der Waals surface area contributed by atoms with E-state index >= 15 is 0 Å². The number of rotatable bonds is 5. The SMILES string of the molecule is C=C[SiH](CCCC)O[SiH3]. The van der Waals surface area contributed by atoms with Gasteiger partial charge in [0.05, 0.1) is 0 Å². The summed E-state index contributed by atoms with van der Waals surface area (Å²) in [7, 11) is 0.00496. The Morgan fingerprint density at radius 1 is 1.78 bits per heavy atom. The van der Waals surface area contributed by atoms with Crippen molar-refractivity contribution in [1.82, 2.24) is 0 Å². The van der Waals surface area contributed by atoms with Gasteiger partial charge in [-0.2, -0.15) is 0 Å². The Morgan fingerprint density at radius 2 is 2.44 bits per heavy atom. The van der Waals surface area contributed by atoms with Crippen LogP contribution >= 0.6 is 0 Å². The molecule has 1 atom stereocenters. The van der Waals surface area contributed by atoms with Crippen molar-refractivity contribution in [2.75, 3.05) is 0 Å². The van der Waals surface area contributed by atoms with Gasteiger partial charge in [-0.1, -0.05) is 25.5 Å². The van der Waals surface area contributed by atoms with E-state index in [0.29, 0.717) is 0 Å². The standard InChI is InChI=1S/C6H16OSi2/c1-3-5-6-9(4-2)7-8/h4,9H,2-3,5-6H2,1,8H3. The minimum absolute atomic E-state index is 0.884. The van der Waals surface area contributed by atoms with E-state index in [4.69, 9.17) is 4.12 Å². The highest BCUT2D eigenvalue weighted by Crippen LogP contribution is 2.01. The Morgan fingerprint density at radius 3 is 2.78 bits per heavy atom. The Bertz CT molecular complexity index is 75.5. The molecule has 0 N–H and O–H groups in total. The molecule has 0 aliphatic heterocycles. The van der Waals surface area contributed by atoms with Crippen molar-refractivity contribution in [2.45, 2.75) is 25.8 Å². The molecule has 0 aromatic rings. The molecule has 9 heavy (non-hydrogen) atoms. The Balaban J connectivity index is 3.20. The molecule has 0 aliphatic carbocycles. The van der Waals surface area contributed by atoms with E-state index in [1.165, 1.54) is 18.9 Å². The van der Waals surface area contributed by atoms with Crippen LogP contribution < -0.4 is 0 Å². The molecule has 0 aromatic carbocycles. The Labute approximate surface area is 62.4 Å². The van der Waals surface area contributed by atoms with Crippen molar-refractivity contribution in [1.29, 1.82) is 0 Å². The molecule has 0 saturated heterocycles. The van der Waals surface area contributed by atoms with Crippen molar-refractivity contribution in [3.8, 4) is 0 Å². The van der Waals surface area contributed by atoms with Gasteiger partial charge in [0.15, 0.2) is 9.04 Å². The van der Waals surface area contributed by atoms with Gasteiger partial charge in [-0.25, -0.2) is 0 Å². The summed E-state index contributed by atoms with van der Waals surface area (Å²) in [4.78, 5) is 0. The van der Waals surface area contributed by atoms with Crippen LogP contribution in [0.3, 0.4) is 0 Å². The van der Waals surface area contributed by atoms with Crippen molar-refractivity contribution in [3.63, 3.8) is 0 Å². The van der Waals surface area contributed by atoms with E-state index in [9.17, 15) is 0 Å². The van der Waals surface area contributed by atoms with E-state index in [1.54, 1.807) is 0 Å². The van der Waals surface area contributed by atoms with Gasteiger partial charge in [-0.3, -0.25) is 0 Å². The molecule has 54 valence electrons. The normalized spacial score (nSPS) is 13.4. The van der Waals surface area contributed by atoms with E-state index < -0.39 is 9.04 Å². The summed E-state index contributed by atoms with van der Waals surface area (Å²) >= 11 is 0. The van der Waals surface area contributed by atoms with Crippen LogP contribution in [0.2, 0.25) is 6.04 Å². The van der Waals surface area contributed by atoms with Crippen LogP contribution in [0.5, 0.6) is 0 Å². The summed E-state index contributed by atoms with van der Waals surface area (Å²) in [6, 6.07) is 1.28. The highest BCUT2D eigenvalue weighted by atomic mass is 28.3. The fourth-order valence-corrected chi connectivity index (χ4v) is 3.50. The van der Waals surface area contributed by atoms with Gasteiger partial charge in [0, 0.05) is 0 Å². The average Bonchev–Trinajstić information content (AvgIpc) is 1.91. The van der Waals surface area contributed by atoms with Crippen molar-refractivity contribution < 1.29 is 4.12 Å². The van der Waals surface area contributed by atoms with Gasteiger partial charge in [0.25, 0.3) is 0 Å². The number of unbranched alkanes of at least 4 members (excludes halogenated alkanes) is 1. The van der Waals surface area contributed by atoms with Crippen molar-refractivity contribution in [2.24, 2.45) is 0 Å². The van der Waals surface area contributed by atoms with Crippen LogP contribution in [0, 0.1) is 0 Å². The molecular weight excluding hydrogens is 144 g/mol. The van der Waals surface area contributed by atoms with E-state index in [-0.39, 0.29) is 0 Å². The van der Waals surface area contributed by atoms with Crippen LogP contribution in [-0.4, -0.2) is 19.5 Å². The minimum Gasteiger partial charge on any atom is -0.463 e. The maximum atomic E-state index is 5.36. The molecule has 0 heterocycles. The van der Waals surface area contributed by atoms with E-state index in [0.717, 1.165) is 10.5 Å². The lowest BCUT2D eigenvalue weighted by Crippen LogP contribution is -2.12. The second-order valence-electron chi connectivity index (χ2n) is 2.15. The second kappa shape index (κ2) is 6.26. The highest BCUT2D eigenvalue weighted by molar-refractivity contribution is 6.60. The molecule has 0 aromatic heterocycles. The zero-order valence-electron chi connectivity index (χ0n) is 6.39. The minimum atomic E-state index is -0.884. The fourth-order valence-electron chi connectivity index (χ4n) is 0.737. The summed E-state index contributed by atoms with van der Waals surface area (Å²) in [5.74, 6) is 0. The van der Waals surface area contributed by atoms with E-state index in [1.807, 2.05) is 5.70 Å². The predicted octanol–water partition coefficient (Wildman–Crippen LogP) is 0.532. The average molecular weight is 160 g/mol. The third-order valence-electron chi connectivity index (χ3n) is 1.41. The predicted molar refractivity (Wildman–Crippen MR) is 48.1 cm³/mol. The molecule has 0 bridgehead atoms. The van der Waals surface area contributed by atoms with Crippen LogP contribution in [0.15, 0.2) is 12.3 Å². The quantitative estimate of drug-likeness (QED) is 0.533. The maximum Gasteiger partial charge on any atom is 0.187 e. The molecule has 0 fully saturated rings. The first kappa shape index (κ1) is 9.13. The molecule has 0 saturated carbocycles. The first-order valence-corrected chi connectivity index (χ1v) is 6.27. The third kappa shape index (κ3) is 4.63. The molecule has 1 unspecified atom stereocenters. The molecule has 0 rings (SSSR count). The zero-order valence-corrected chi connectivity index (χ0v) is 9.55. The Kier molecular flexibility index (Phi) is 6.35. The lowest BCUT2D eigenvalue weighted by Gasteiger charge is -2.06.